The van der Waals surface area contributed by atoms with Gasteiger partial charge in [-0.1, -0.05) is 0 Å². The Kier molecular flexibility index (Phi) is 9.46. The van der Waals surface area contributed by atoms with Crippen molar-refractivity contribution in [1.29, 1.82) is 0 Å². The van der Waals surface area contributed by atoms with E-state index in [0.717, 1.165) is 50.4 Å². The van der Waals surface area contributed by atoms with E-state index < -0.39 is 0 Å². The Labute approximate surface area is 159 Å². The van der Waals surface area contributed by atoms with Gasteiger partial charge < -0.3 is 15.5 Å². The summed E-state index contributed by atoms with van der Waals surface area (Å²) in [6.07, 6.45) is 4.99. The van der Waals surface area contributed by atoms with E-state index in [9.17, 15) is 4.79 Å². The highest BCUT2D eigenvalue weighted by Gasteiger charge is 2.17. The molecule has 1 aliphatic rings. The Balaban J connectivity index is 0.00000264. The lowest BCUT2D eigenvalue weighted by atomic mass is 10.4. The molecule has 1 saturated heterocycles. The van der Waals surface area contributed by atoms with E-state index in [1.807, 2.05) is 18.0 Å². The number of hydrogen-bond acceptors (Lipinski definition) is 4. The van der Waals surface area contributed by atoms with Crippen LogP contribution in [0.4, 0.5) is 0 Å². The average Bonchev–Trinajstić information content (AvgIpc) is 3.16. The fourth-order valence-electron chi connectivity index (χ4n) is 2.36. The molecule has 0 aliphatic carbocycles. The molecule has 0 aromatic carbocycles. The molecule has 8 heteroatoms. The van der Waals surface area contributed by atoms with Gasteiger partial charge >= 0.3 is 0 Å². The fourth-order valence-corrected chi connectivity index (χ4v) is 3.15. The quantitative estimate of drug-likeness (QED) is 0.393. The van der Waals surface area contributed by atoms with Crippen LogP contribution in [-0.4, -0.2) is 54.5 Å². The van der Waals surface area contributed by atoms with Crippen LogP contribution in [0.2, 0.25) is 0 Å². The summed E-state index contributed by atoms with van der Waals surface area (Å²) in [5.41, 5.74) is 0. The van der Waals surface area contributed by atoms with Crippen molar-refractivity contribution in [1.82, 2.24) is 20.5 Å². The molecule has 0 unspecified atom stereocenters. The van der Waals surface area contributed by atoms with Crippen LogP contribution in [0.1, 0.15) is 29.7 Å². The van der Waals surface area contributed by atoms with Crippen molar-refractivity contribution in [3.8, 4) is 0 Å². The molecule has 0 bridgehead atoms. The maximum absolute atomic E-state index is 12.0. The van der Waals surface area contributed by atoms with Crippen molar-refractivity contribution in [3.05, 3.63) is 16.1 Å². The van der Waals surface area contributed by atoms with E-state index in [1.54, 1.807) is 11.3 Å². The molecule has 1 aromatic rings. The number of aliphatic imine (C=N–C) groups is 1. The van der Waals surface area contributed by atoms with Gasteiger partial charge in [0.05, 0.1) is 5.01 Å². The van der Waals surface area contributed by atoms with Crippen molar-refractivity contribution in [3.63, 3.8) is 0 Å². The van der Waals surface area contributed by atoms with Gasteiger partial charge in [-0.3, -0.25) is 4.79 Å². The van der Waals surface area contributed by atoms with Crippen molar-refractivity contribution in [2.24, 2.45) is 4.99 Å². The molecule has 0 radical (unpaired) electrons. The number of aryl methyl sites for hydroxylation is 1. The summed E-state index contributed by atoms with van der Waals surface area (Å²) in [6, 6.07) is 0. The molecule has 0 spiro atoms. The minimum atomic E-state index is 0. The van der Waals surface area contributed by atoms with Crippen LogP contribution in [-0.2, 0) is 11.2 Å². The van der Waals surface area contributed by atoms with Crippen LogP contribution < -0.4 is 10.6 Å². The molecule has 2 rings (SSSR count). The van der Waals surface area contributed by atoms with Crippen LogP contribution >= 0.6 is 35.3 Å². The smallest absolute Gasteiger partial charge is 0.244 e. The summed E-state index contributed by atoms with van der Waals surface area (Å²) in [4.78, 5) is 23.9. The number of nitrogens with one attached hydrogen (secondary N) is 2. The number of rotatable bonds is 6. The Morgan fingerprint density at radius 2 is 2.13 bits per heavy atom. The van der Waals surface area contributed by atoms with Crippen molar-refractivity contribution < 1.29 is 4.79 Å². The van der Waals surface area contributed by atoms with Gasteiger partial charge in [0.2, 0.25) is 5.91 Å². The number of aromatic nitrogens is 1. The molecule has 130 valence electrons. The molecule has 1 aromatic heterocycles. The predicted octanol–water partition coefficient (Wildman–Crippen LogP) is 1.79. The van der Waals surface area contributed by atoms with Crippen LogP contribution in [0.25, 0.3) is 0 Å². The molecule has 0 saturated carbocycles. The van der Waals surface area contributed by atoms with Gasteiger partial charge in [-0.25, -0.2) is 9.98 Å². The first-order valence-electron chi connectivity index (χ1n) is 7.90. The number of carbonyl (C=O) groups excluding carboxylic acids is 1. The number of nitrogens with zero attached hydrogens (tertiary/aromatic N) is 3. The van der Waals surface area contributed by atoms with Crippen molar-refractivity contribution >= 4 is 47.2 Å². The summed E-state index contributed by atoms with van der Waals surface area (Å²) >= 11 is 1.72. The van der Waals surface area contributed by atoms with E-state index >= 15 is 0 Å². The zero-order valence-corrected chi connectivity index (χ0v) is 16.9. The van der Waals surface area contributed by atoms with Crippen molar-refractivity contribution in [2.75, 3.05) is 32.7 Å². The van der Waals surface area contributed by atoms with E-state index in [1.165, 1.54) is 4.88 Å². The third-order valence-electron chi connectivity index (χ3n) is 3.48. The summed E-state index contributed by atoms with van der Waals surface area (Å²) in [5, 5.41) is 7.55. The number of halogens is 1. The first-order valence-corrected chi connectivity index (χ1v) is 8.72. The molecule has 2 heterocycles. The maximum Gasteiger partial charge on any atom is 0.244 e. The molecule has 0 atom stereocenters. The number of carbonyl (C=O) groups is 1. The van der Waals surface area contributed by atoms with Crippen LogP contribution in [0.3, 0.4) is 0 Å². The van der Waals surface area contributed by atoms with Gasteiger partial charge in [-0.2, -0.15) is 0 Å². The number of likely N-dealkylation sites (tertiary alicyclic amines) is 1. The zero-order valence-electron chi connectivity index (χ0n) is 13.8. The second-order valence-electron chi connectivity index (χ2n) is 5.32. The zero-order chi connectivity index (χ0) is 15.8. The summed E-state index contributed by atoms with van der Waals surface area (Å²) < 4.78 is 0. The van der Waals surface area contributed by atoms with Gasteiger partial charge in [0.25, 0.3) is 0 Å². The molecular formula is C15H26IN5OS. The first-order chi connectivity index (χ1) is 10.7. The van der Waals surface area contributed by atoms with E-state index in [0.29, 0.717) is 5.96 Å². The molecule has 6 nitrogen and oxygen atoms in total. The molecule has 23 heavy (non-hydrogen) atoms. The van der Waals surface area contributed by atoms with Crippen LogP contribution in [0.15, 0.2) is 11.2 Å². The maximum atomic E-state index is 12.0. The lowest BCUT2D eigenvalue weighted by Crippen LogP contribution is -2.39. The standard InChI is InChI=1S/C15H25N5OS.HI/c1-3-16-15(17-7-6-13-18-10-12(2)22-13)19-11-14(21)20-8-4-5-9-20;/h10H,3-9,11H2,1-2H3,(H2,16,17,19);1H. The monoisotopic (exact) mass is 451 g/mol. The number of guanidine groups is 1. The Morgan fingerprint density at radius 1 is 1.39 bits per heavy atom. The Bertz CT molecular complexity index is 514. The Hall–Kier alpha value is -0.900. The molecule has 2 N–H and O–H groups in total. The highest BCUT2D eigenvalue weighted by atomic mass is 127. The summed E-state index contributed by atoms with van der Waals surface area (Å²) in [6.45, 7) is 7.58. The Morgan fingerprint density at radius 3 is 2.74 bits per heavy atom. The van der Waals surface area contributed by atoms with E-state index in [2.05, 4.69) is 27.5 Å². The van der Waals surface area contributed by atoms with Gasteiger partial charge in [-0.15, -0.1) is 35.3 Å². The lowest BCUT2D eigenvalue weighted by molar-refractivity contribution is -0.128. The molecular weight excluding hydrogens is 425 g/mol. The first kappa shape index (κ1) is 20.1. The fraction of sp³-hybridized carbons (Fsp3) is 0.667. The van der Waals surface area contributed by atoms with Gasteiger partial charge in [0.15, 0.2) is 5.96 Å². The minimum Gasteiger partial charge on any atom is -0.357 e. The third-order valence-corrected chi connectivity index (χ3v) is 4.45. The number of thiazole rings is 1. The normalized spacial score (nSPS) is 14.5. The SMILES string of the molecule is CCNC(=NCC(=O)N1CCCC1)NCCc1ncc(C)s1.I. The topological polar surface area (TPSA) is 69.6 Å². The largest absolute Gasteiger partial charge is 0.357 e. The van der Waals surface area contributed by atoms with Crippen LogP contribution in [0, 0.1) is 6.92 Å². The van der Waals surface area contributed by atoms with Crippen LogP contribution in [0.5, 0.6) is 0 Å². The van der Waals surface area contributed by atoms with Gasteiger partial charge in [0, 0.05) is 43.7 Å². The highest BCUT2D eigenvalue weighted by Crippen LogP contribution is 2.11. The predicted molar refractivity (Wildman–Crippen MR) is 106 cm³/mol. The summed E-state index contributed by atoms with van der Waals surface area (Å²) in [7, 11) is 0. The van der Waals surface area contributed by atoms with E-state index in [4.69, 9.17) is 0 Å². The third kappa shape index (κ3) is 7.03. The van der Waals surface area contributed by atoms with E-state index in [-0.39, 0.29) is 36.4 Å². The van der Waals surface area contributed by atoms with Gasteiger partial charge in [0.1, 0.15) is 6.54 Å². The number of amides is 1. The highest BCUT2D eigenvalue weighted by molar-refractivity contribution is 14.0. The molecule has 1 amide bonds. The molecule has 1 fully saturated rings. The molecule has 1 aliphatic heterocycles. The van der Waals surface area contributed by atoms with Gasteiger partial charge in [-0.05, 0) is 26.7 Å². The average molecular weight is 451 g/mol. The summed E-state index contributed by atoms with van der Waals surface area (Å²) in [5.74, 6) is 0.813. The second-order valence-corrected chi connectivity index (χ2v) is 6.64. The van der Waals surface area contributed by atoms with Crippen molar-refractivity contribution in [2.45, 2.75) is 33.1 Å². The lowest BCUT2D eigenvalue weighted by Gasteiger charge is -2.15. The second kappa shape index (κ2) is 10.8. The number of hydrogen-bond donors (Lipinski definition) is 2. The minimum absolute atomic E-state index is 0.